The molecule has 0 aliphatic heterocycles. The molecule has 104 valence electrons. The monoisotopic (exact) mass is 261 g/mol. The first kappa shape index (κ1) is 15.4. The number of hydrogen-bond acceptors (Lipinski definition) is 3. The summed E-state index contributed by atoms with van der Waals surface area (Å²) in [5, 5.41) is 3.48. The van der Waals surface area contributed by atoms with Crippen molar-refractivity contribution < 1.29 is 9.47 Å². The third-order valence-electron chi connectivity index (χ3n) is 3.08. The van der Waals surface area contributed by atoms with Gasteiger partial charge in [0, 0.05) is 12.5 Å². The van der Waals surface area contributed by atoms with Gasteiger partial charge in [-0.3, -0.25) is 0 Å². The summed E-state index contributed by atoms with van der Waals surface area (Å²) in [4.78, 5) is 0. The van der Waals surface area contributed by atoms with E-state index in [-0.39, 0.29) is 6.04 Å². The van der Waals surface area contributed by atoms with E-state index >= 15 is 0 Å². The second-order valence-corrected chi connectivity index (χ2v) is 4.28. The van der Waals surface area contributed by atoms with Crippen molar-refractivity contribution in [3.8, 4) is 23.8 Å². The molecule has 0 saturated heterocycles. The highest BCUT2D eigenvalue weighted by Crippen LogP contribution is 2.36. The topological polar surface area (TPSA) is 30.5 Å². The van der Waals surface area contributed by atoms with Crippen molar-refractivity contribution in [2.75, 3.05) is 20.8 Å². The van der Waals surface area contributed by atoms with Crippen LogP contribution in [-0.2, 0) is 0 Å². The standard InChI is InChI=1S/C16H23NO2/c1-5-7-8-10-13(17-6-2)16-14(18-3)11-9-12-15(16)19-4/h1,9,11-13,17H,6-8,10H2,2-4H3. The molecule has 1 aromatic carbocycles. The van der Waals surface area contributed by atoms with Gasteiger partial charge in [0.1, 0.15) is 11.5 Å². The molecule has 3 heteroatoms. The molecule has 1 rings (SSSR count). The summed E-state index contributed by atoms with van der Waals surface area (Å²) < 4.78 is 10.9. The van der Waals surface area contributed by atoms with Crippen molar-refractivity contribution in [3.05, 3.63) is 23.8 Å². The van der Waals surface area contributed by atoms with Crippen LogP contribution < -0.4 is 14.8 Å². The minimum atomic E-state index is 0.199. The van der Waals surface area contributed by atoms with Crippen LogP contribution in [0.2, 0.25) is 0 Å². The largest absolute Gasteiger partial charge is 0.496 e. The van der Waals surface area contributed by atoms with Gasteiger partial charge in [0.05, 0.1) is 19.8 Å². The van der Waals surface area contributed by atoms with Gasteiger partial charge >= 0.3 is 0 Å². The maximum Gasteiger partial charge on any atom is 0.127 e. The lowest BCUT2D eigenvalue weighted by molar-refractivity contribution is 0.366. The fraction of sp³-hybridized carbons (Fsp3) is 0.500. The molecule has 3 nitrogen and oxygen atoms in total. The zero-order valence-electron chi connectivity index (χ0n) is 12.0. The fourth-order valence-corrected chi connectivity index (χ4v) is 2.23. The molecule has 19 heavy (non-hydrogen) atoms. The number of terminal acetylenes is 1. The molecule has 0 aromatic heterocycles. The number of hydrogen-bond donors (Lipinski definition) is 1. The van der Waals surface area contributed by atoms with E-state index in [4.69, 9.17) is 15.9 Å². The summed E-state index contributed by atoms with van der Waals surface area (Å²) in [7, 11) is 3.37. The zero-order chi connectivity index (χ0) is 14.1. The Morgan fingerprint density at radius 2 is 1.89 bits per heavy atom. The highest BCUT2D eigenvalue weighted by molar-refractivity contribution is 5.47. The summed E-state index contributed by atoms with van der Waals surface area (Å²) in [5.41, 5.74) is 1.08. The first-order valence-electron chi connectivity index (χ1n) is 6.66. The molecule has 0 spiro atoms. The van der Waals surface area contributed by atoms with Crippen LogP contribution in [0.15, 0.2) is 18.2 Å². The van der Waals surface area contributed by atoms with E-state index in [0.29, 0.717) is 0 Å². The first-order chi connectivity index (χ1) is 9.28. The van der Waals surface area contributed by atoms with Gasteiger partial charge in [0.2, 0.25) is 0 Å². The van der Waals surface area contributed by atoms with Crippen molar-refractivity contribution >= 4 is 0 Å². The lowest BCUT2D eigenvalue weighted by Crippen LogP contribution is -2.22. The third kappa shape index (κ3) is 4.18. The lowest BCUT2D eigenvalue weighted by Gasteiger charge is -2.22. The van der Waals surface area contributed by atoms with E-state index in [0.717, 1.165) is 42.9 Å². The Labute approximate surface area is 116 Å². The van der Waals surface area contributed by atoms with Crippen LogP contribution in [0, 0.1) is 12.3 Å². The molecule has 1 aromatic rings. The molecular formula is C16H23NO2. The average Bonchev–Trinajstić information content (AvgIpc) is 2.45. The van der Waals surface area contributed by atoms with Gasteiger partial charge in [-0.1, -0.05) is 13.0 Å². The Kier molecular flexibility index (Phi) is 6.84. The van der Waals surface area contributed by atoms with E-state index in [1.54, 1.807) is 14.2 Å². The quantitative estimate of drug-likeness (QED) is 0.576. The Bertz CT molecular complexity index is 401. The maximum atomic E-state index is 5.46. The number of methoxy groups -OCH3 is 2. The Balaban J connectivity index is 3.02. The van der Waals surface area contributed by atoms with Gasteiger partial charge in [-0.15, -0.1) is 12.3 Å². The molecule has 1 N–H and O–H groups in total. The summed E-state index contributed by atoms with van der Waals surface area (Å²) in [5.74, 6) is 4.39. The van der Waals surface area contributed by atoms with Crippen LogP contribution >= 0.6 is 0 Å². The molecule has 0 bridgehead atoms. The molecule has 0 fully saturated rings. The van der Waals surface area contributed by atoms with Crippen molar-refractivity contribution in [1.29, 1.82) is 0 Å². The molecule has 0 aliphatic rings. The van der Waals surface area contributed by atoms with Crippen LogP contribution in [0.1, 0.15) is 37.8 Å². The van der Waals surface area contributed by atoms with Gasteiger partial charge in [0.15, 0.2) is 0 Å². The Hall–Kier alpha value is -1.66. The molecule has 0 amide bonds. The second-order valence-electron chi connectivity index (χ2n) is 4.28. The minimum Gasteiger partial charge on any atom is -0.496 e. The van der Waals surface area contributed by atoms with Crippen molar-refractivity contribution in [3.63, 3.8) is 0 Å². The molecule has 0 heterocycles. The predicted molar refractivity (Wildman–Crippen MR) is 78.6 cm³/mol. The lowest BCUT2D eigenvalue weighted by atomic mass is 9.98. The average molecular weight is 261 g/mol. The van der Waals surface area contributed by atoms with Gasteiger partial charge < -0.3 is 14.8 Å². The molecule has 0 aliphatic carbocycles. The minimum absolute atomic E-state index is 0.199. The summed E-state index contributed by atoms with van der Waals surface area (Å²) in [6.07, 6.45) is 8.06. The smallest absolute Gasteiger partial charge is 0.127 e. The van der Waals surface area contributed by atoms with Crippen LogP contribution in [0.3, 0.4) is 0 Å². The molecular weight excluding hydrogens is 238 g/mol. The van der Waals surface area contributed by atoms with Crippen LogP contribution in [-0.4, -0.2) is 20.8 Å². The van der Waals surface area contributed by atoms with Crippen LogP contribution in [0.25, 0.3) is 0 Å². The van der Waals surface area contributed by atoms with E-state index < -0.39 is 0 Å². The summed E-state index contributed by atoms with van der Waals surface area (Å²) in [6, 6.07) is 6.06. The van der Waals surface area contributed by atoms with E-state index in [2.05, 4.69) is 18.2 Å². The fourth-order valence-electron chi connectivity index (χ4n) is 2.23. The first-order valence-corrected chi connectivity index (χ1v) is 6.66. The molecule has 1 unspecified atom stereocenters. The Morgan fingerprint density at radius 3 is 2.37 bits per heavy atom. The number of ether oxygens (including phenoxy) is 2. The maximum absolute atomic E-state index is 5.46. The third-order valence-corrected chi connectivity index (χ3v) is 3.08. The highest BCUT2D eigenvalue weighted by atomic mass is 16.5. The van der Waals surface area contributed by atoms with Crippen molar-refractivity contribution in [2.24, 2.45) is 0 Å². The van der Waals surface area contributed by atoms with Gasteiger partial charge in [-0.25, -0.2) is 0 Å². The van der Waals surface area contributed by atoms with Crippen LogP contribution in [0.5, 0.6) is 11.5 Å². The number of nitrogens with one attached hydrogen (secondary N) is 1. The van der Waals surface area contributed by atoms with Crippen molar-refractivity contribution in [2.45, 2.75) is 32.2 Å². The summed E-state index contributed by atoms with van der Waals surface area (Å²) >= 11 is 0. The number of rotatable bonds is 8. The van der Waals surface area contributed by atoms with Crippen LogP contribution in [0.4, 0.5) is 0 Å². The second kappa shape index (κ2) is 8.44. The van der Waals surface area contributed by atoms with E-state index in [1.807, 2.05) is 18.2 Å². The zero-order valence-corrected chi connectivity index (χ0v) is 12.0. The SMILES string of the molecule is C#CCCCC(NCC)c1c(OC)cccc1OC. The highest BCUT2D eigenvalue weighted by Gasteiger charge is 2.19. The molecule has 0 saturated carbocycles. The Morgan fingerprint density at radius 1 is 1.26 bits per heavy atom. The van der Waals surface area contributed by atoms with E-state index in [1.165, 1.54) is 0 Å². The van der Waals surface area contributed by atoms with Gasteiger partial charge in [0.25, 0.3) is 0 Å². The van der Waals surface area contributed by atoms with Crippen molar-refractivity contribution in [1.82, 2.24) is 5.32 Å². The summed E-state index contributed by atoms with van der Waals surface area (Å²) in [6.45, 7) is 2.98. The molecule has 1 atom stereocenters. The predicted octanol–water partition coefficient (Wildman–Crippen LogP) is 3.16. The number of unbranched alkanes of at least 4 members (excludes halogenated alkanes) is 1. The molecule has 0 radical (unpaired) electrons. The van der Waals surface area contributed by atoms with E-state index in [9.17, 15) is 0 Å². The van der Waals surface area contributed by atoms with Gasteiger partial charge in [-0.05, 0) is 31.5 Å². The number of benzene rings is 1. The van der Waals surface area contributed by atoms with Gasteiger partial charge in [-0.2, -0.15) is 0 Å². The normalized spacial score (nSPS) is 11.7.